The topological polar surface area (TPSA) is 34.0 Å². The molecule has 1 saturated carbocycles. The molecule has 4 heteroatoms. The van der Waals surface area contributed by atoms with Gasteiger partial charge in [-0.25, -0.2) is 9.97 Å². The highest BCUT2D eigenvalue weighted by Gasteiger charge is 2.53. The van der Waals surface area contributed by atoms with Gasteiger partial charge in [-0.15, -0.1) is 0 Å². The van der Waals surface area contributed by atoms with Gasteiger partial charge in [-0.1, -0.05) is 171 Å². The predicted octanol–water partition coefficient (Wildman–Crippen LogP) is 11.9. The molecular formula is C54H46N4. The second kappa shape index (κ2) is 15.5. The molecule has 2 atom stereocenters. The van der Waals surface area contributed by atoms with Crippen LogP contribution >= 0.6 is 0 Å². The molecule has 0 radical (unpaired) electrons. The SMILES string of the molecule is C/C=C\C=C/C.C1=CC2CC2(n2ccc3c2=Cc2ccc4cccc5c4c2CC=3N5c2nc(-c3ccc(-c4ccccc4)cc3)c3ccccc3n2)C=C1.C=CC=C. The van der Waals surface area contributed by atoms with Gasteiger partial charge in [-0.2, -0.15) is 0 Å². The van der Waals surface area contributed by atoms with E-state index in [-0.39, 0.29) is 5.54 Å². The minimum absolute atomic E-state index is 0.0167. The molecule has 2 aromatic heterocycles. The van der Waals surface area contributed by atoms with Crippen LogP contribution in [0.1, 0.15) is 31.4 Å². The van der Waals surface area contributed by atoms with Gasteiger partial charge in [0, 0.05) is 45.8 Å². The highest BCUT2D eigenvalue weighted by atomic mass is 15.3. The summed E-state index contributed by atoms with van der Waals surface area (Å²) in [5.74, 6) is 1.25. The minimum Gasteiger partial charge on any atom is -0.337 e. The van der Waals surface area contributed by atoms with Gasteiger partial charge in [0.15, 0.2) is 0 Å². The molecule has 4 aliphatic rings. The molecule has 0 saturated heterocycles. The Labute approximate surface area is 340 Å². The number of para-hydroxylation sites is 1. The quantitative estimate of drug-likeness (QED) is 0.159. The standard InChI is InChI=1S/C44H30N4.C6H10.C4H6/c1-2-9-28(10-3-1)29-16-19-31(20-17-29)42-34-13-4-5-14-37(34)45-43(46-42)48-38-15-8-11-30-18-21-32-25-39-35(40(48)26-36(32)41(30)38)22-24-47(39)44-23-7-6-12-33(44)27-44;1-3-5-6-4-2;1-3-4-2/h1-25,33H,26-27H2;3-6H,1-2H3;3-4H,1-2H2/b;5-3-,6-4-;. The van der Waals surface area contributed by atoms with E-state index in [9.17, 15) is 0 Å². The first-order valence-electron chi connectivity index (χ1n) is 20.1. The molecule has 58 heavy (non-hydrogen) atoms. The smallest absolute Gasteiger partial charge is 0.235 e. The van der Waals surface area contributed by atoms with Crippen LogP contribution < -0.4 is 15.5 Å². The Morgan fingerprint density at radius 1 is 0.724 bits per heavy atom. The third-order valence-electron chi connectivity index (χ3n) is 11.6. The van der Waals surface area contributed by atoms with Crippen molar-refractivity contribution in [3.05, 3.63) is 217 Å². The van der Waals surface area contributed by atoms with Crippen molar-refractivity contribution < 1.29 is 0 Å². The van der Waals surface area contributed by atoms with Gasteiger partial charge in [0.2, 0.25) is 5.95 Å². The van der Waals surface area contributed by atoms with Crippen molar-refractivity contribution in [3.8, 4) is 22.4 Å². The lowest BCUT2D eigenvalue weighted by Crippen LogP contribution is -2.39. The summed E-state index contributed by atoms with van der Waals surface area (Å²) in [6, 6.07) is 41.3. The minimum atomic E-state index is 0.0167. The fourth-order valence-corrected chi connectivity index (χ4v) is 8.70. The fourth-order valence-electron chi connectivity index (χ4n) is 8.70. The van der Waals surface area contributed by atoms with Crippen molar-refractivity contribution in [1.29, 1.82) is 0 Å². The molecule has 11 rings (SSSR count). The number of rotatable bonds is 6. The van der Waals surface area contributed by atoms with E-state index in [4.69, 9.17) is 9.97 Å². The lowest BCUT2D eigenvalue weighted by atomic mass is 9.91. The molecule has 1 fully saturated rings. The lowest BCUT2D eigenvalue weighted by Gasteiger charge is -2.32. The summed E-state index contributed by atoms with van der Waals surface area (Å²) < 4.78 is 2.53. The van der Waals surface area contributed by atoms with Crippen LogP contribution in [-0.4, -0.2) is 14.5 Å². The van der Waals surface area contributed by atoms with Gasteiger partial charge >= 0.3 is 0 Å². The molecule has 4 nitrogen and oxygen atoms in total. The van der Waals surface area contributed by atoms with Gasteiger partial charge in [0.05, 0.1) is 27.8 Å². The van der Waals surface area contributed by atoms with E-state index < -0.39 is 0 Å². The monoisotopic (exact) mass is 750 g/mol. The first-order chi connectivity index (χ1) is 28.6. The summed E-state index contributed by atoms with van der Waals surface area (Å²) in [4.78, 5) is 13.1. The molecule has 2 unspecified atom stereocenters. The van der Waals surface area contributed by atoms with Crippen molar-refractivity contribution >= 4 is 45.1 Å². The zero-order valence-electron chi connectivity index (χ0n) is 33.1. The van der Waals surface area contributed by atoms with Gasteiger partial charge in [0.1, 0.15) is 0 Å². The zero-order chi connectivity index (χ0) is 39.6. The average Bonchev–Trinajstić information content (AvgIpc) is 3.93. The van der Waals surface area contributed by atoms with Crippen molar-refractivity contribution in [2.45, 2.75) is 32.2 Å². The van der Waals surface area contributed by atoms with Crippen molar-refractivity contribution in [1.82, 2.24) is 14.5 Å². The average molecular weight is 751 g/mol. The van der Waals surface area contributed by atoms with Crippen molar-refractivity contribution in [2.24, 2.45) is 5.92 Å². The maximum absolute atomic E-state index is 5.45. The number of nitrogens with zero attached hydrogens (tertiary/aromatic N) is 4. The van der Waals surface area contributed by atoms with Crippen LogP contribution in [0.5, 0.6) is 0 Å². The Bertz CT molecular complexity index is 2940. The normalized spacial score (nSPS) is 17.9. The number of allylic oxidation sites excluding steroid dienone is 10. The highest BCUT2D eigenvalue weighted by Crippen LogP contribution is 2.53. The number of fused-ring (bicyclic) bond motifs is 4. The predicted molar refractivity (Wildman–Crippen MR) is 245 cm³/mol. The van der Waals surface area contributed by atoms with E-state index in [2.05, 4.69) is 174 Å². The van der Waals surface area contributed by atoms with Gasteiger partial charge in [-0.05, 0) is 72.2 Å². The number of aromatic nitrogens is 3. The highest BCUT2D eigenvalue weighted by molar-refractivity contribution is 6.07. The molecule has 7 aromatic rings. The summed E-state index contributed by atoms with van der Waals surface area (Å²) in [6.07, 6.45) is 27.1. The number of hydrogen-bond donors (Lipinski definition) is 0. The summed E-state index contributed by atoms with van der Waals surface area (Å²) >= 11 is 0. The second-order valence-electron chi connectivity index (χ2n) is 15.0. The maximum Gasteiger partial charge on any atom is 0.235 e. The van der Waals surface area contributed by atoms with Crippen LogP contribution in [0.25, 0.3) is 55.8 Å². The molecule has 282 valence electrons. The van der Waals surface area contributed by atoms with E-state index in [1.54, 1.807) is 12.2 Å². The van der Waals surface area contributed by atoms with Crippen LogP contribution in [0.15, 0.2) is 195 Å². The van der Waals surface area contributed by atoms with E-state index in [0.29, 0.717) is 11.9 Å². The van der Waals surface area contributed by atoms with E-state index in [1.807, 2.05) is 38.2 Å². The van der Waals surface area contributed by atoms with Crippen LogP contribution in [0.3, 0.4) is 0 Å². The molecule has 5 aromatic carbocycles. The van der Waals surface area contributed by atoms with Crippen LogP contribution in [-0.2, 0) is 12.0 Å². The summed E-state index contributed by atoms with van der Waals surface area (Å²) in [5, 5.41) is 6.11. The summed E-state index contributed by atoms with van der Waals surface area (Å²) in [7, 11) is 0. The molecule has 3 aliphatic carbocycles. The van der Waals surface area contributed by atoms with E-state index in [1.165, 1.54) is 49.3 Å². The van der Waals surface area contributed by atoms with Gasteiger partial charge < -0.3 is 4.57 Å². The maximum atomic E-state index is 5.45. The zero-order valence-corrected chi connectivity index (χ0v) is 33.1. The third-order valence-corrected chi connectivity index (χ3v) is 11.6. The Morgan fingerprint density at radius 3 is 2.22 bits per heavy atom. The Kier molecular flexibility index (Phi) is 9.76. The molecular weight excluding hydrogens is 705 g/mol. The number of anilines is 2. The molecule has 2 bridgehead atoms. The Balaban J connectivity index is 0.000000393. The lowest BCUT2D eigenvalue weighted by molar-refractivity contribution is 0.550. The summed E-state index contributed by atoms with van der Waals surface area (Å²) in [5.41, 5.74) is 10.4. The Morgan fingerprint density at radius 2 is 1.47 bits per heavy atom. The molecule has 0 N–H and O–H groups in total. The number of hydrogen-bond acceptors (Lipinski definition) is 3. The Hall–Kier alpha value is -7.04. The first kappa shape index (κ1) is 36.6. The molecule has 0 spiro atoms. The van der Waals surface area contributed by atoms with Crippen LogP contribution in [0, 0.1) is 5.92 Å². The van der Waals surface area contributed by atoms with Crippen molar-refractivity contribution in [3.63, 3.8) is 0 Å². The first-order valence-corrected chi connectivity index (χ1v) is 20.1. The van der Waals surface area contributed by atoms with Gasteiger partial charge in [-0.3, -0.25) is 4.90 Å². The largest absolute Gasteiger partial charge is 0.337 e. The molecule has 0 amide bonds. The van der Waals surface area contributed by atoms with E-state index in [0.717, 1.165) is 40.7 Å². The third kappa shape index (κ3) is 6.37. The second-order valence-corrected chi connectivity index (χ2v) is 15.0. The van der Waals surface area contributed by atoms with Gasteiger partial charge in [0.25, 0.3) is 0 Å². The molecule has 3 heterocycles. The fraction of sp³-hybridized carbons (Fsp3) is 0.111. The van der Waals surface area contributed by atoms with Crippen molar-refractivity contribution in [2.75, 3.05) is 4.90 Å². The van der Waals surface area contributed by atoms with E-state index >= 15 is 0 Å². The number of benzene rings is 5. The van der Waals surface area contributed by atoms with Crippen LogP contribution in [0.4, 0.5) is 11.6 Å². The molecule has 1 aliphatic heterocycles. The van der Waals surface area contributed by atoms with Crippen LogP contribution in [0.2, 0.25) is 0 Å². The summed E-state index contributed by atoms with van der Waals surface area (Å²) in [6.45, 7) is 10.7.